The molecule has 0 unspecified atom stereocenters. The summed E-state index contributed by atoms with van der Waals surface area (Å²) in [5.41, 5.74) is 2.00. The van der Waals surface area contributed by atoms with Crippen molar-refractivity contribution in [2.75, 3.05) is 14.1 Å². The van der Waals surface area contributed by atoms with Crippen molar-refractivity contribution in [3.8, 4) is 0 Å². The molecular weight excluding hydrogens is 170 g/mol. The molecule has 0 atom stereocenters. The molecule has 13 heavy (non-hydrogen) atoms. The summed E-state index contributed by atoms with van der Waals surface area (Å²) in [4.78, 5) is 12.9. The van der Waals surface area contributed by atoms with Crippen LogP contribution in [0.5, 0.6) is 0 Å². The van der Waals surface area contributed by atoms with Gasteiger partial charge in [-0.3, -0.25) is 10.2 Å². The van der Waals surface area contributed by atoms with Gasteiger partial charge in [-0.15, -0.1) is 0 Å². The molecule has 1 rings (SSSR count). The highest BCUT2D eigenvalue weighted by Gasteiger charge is 2.09. The van der Waals surface area contributed by atoms with Crippen molar-refractivity contribution in [3.05, 3.63) is 23.7 Å². The summed E-state index contributed by atoms with van der Waals surface area (Å²) in [7, 11) is 3.84. The number of carbonyl (C=O) groups is 1. The quantitative estimate of drug-likeness (QED) is 0.391. The number of hydrogen-bond donors (Lipinski definition) is 2. The Morgan fingerprint density at radius 3 is 2.85 bits per heavy atom. The van der Waals surface area contributed by atoms with Crippen LogP contribution in [0.3, 0.4) is 0 Å². The topological polar surface area (TPSA) is 71.5 Å². The van der Waals surface area contributed by atoms with Gasteiger partial charge >= 0.3 is 5.91 Å². The molecule has 0 radical (unpaired) electrons. The molecule has 0 spiro atoms. The predicted molar refractivity (Wildman–Crippen MR) is 47.8 cm³/mol. The van der Waals surface area contributed by atoms with Crippen LogP contribution < -0.4 is 11.3 Å². The van der Waals surface area contributed by atoms with Crippen molar-refractivity contribution in [2.45, 2.75) is 6.54 Å². The van der Waals surface area contributed by atoms with E-state index in [2.05, 4.69) is 0 Å². The van der Waals surface area contributed by atoms with Gasteiger partial charge in [-0.05, 0) is 26.2 Å². The van der Waals surface area contributed by atoms with Gasteiger partial charge in [-0.1, -0.05) is 0 Å². The zero-order chi connectivity index (χ0) is 9.84. The van der Waals surface area contributed by atoms with Gasteiger partial charge in [0.2, 0.25) is 0 Å². The van der Waals surface area contributed by atoms with Crippen LogP contribution in [0.25, 0.3) is 0 Å². The van der Waals surface area contributed by atoms with Gasteiger partial charge in [0.05, 0.1) is 6.54 Å². The number of nitrogens with one attached hydrogen (secondary N) is 1. The molecule has 0 saturated carbocycles. The first-order valence-electron chi connectivity index (χ1n) is 3.88. The SMILES string of the molecule is CN(C)Cc1ccc(C(=O)NN)o1. The Kier molecular flexibility index (Phi) is 3.05. The summed E-state index contributed by atoms with van der Waals surface area (Å²) in [5.74, 6) is 5.51. The molecule has 5 heteroatoms. The lowest BCUT2D eigenvalue weighted by Crippen LogP contribution is -2.29. The average molecular weight is 183 g/mol. The van der Waals surface area contributed by atoms with Gasteiger partial charge in [0.1, 0.15) is 5.76 Å². The molecule has 0 aromatic carbocycles. The summed E-state index contributed by atoms with van der Waals surface area (Å²) in [5, 5.41) is 0. The maximum absolute atomic E-state index is 11.0. The van der Waals surface area contributed by atoms with Crippen LogP contribution in [0, 0.1) is 0 Å². The van der Waals surface area contributed by atoms with E-state index in [1.54, 1.807) is 12.1 Å². The standard InChI is InChI=1S/C8H13N3O2/c1-11(2)5-6-3-4-7(13-6)8(12)10-9/h3-4H,5,9H2,1-2H3,(H,10,12). The molecule has 1 aromatic heterocycles. The zero-order valence-corrected chi connectivity index (χ0v) is 7.70. The van der Waals surface area contributed by atoms with Gasteiger partial charge in [-0.25, -0.2) is 5.84 Å². The Balaban J connectivity index is 2.69. The number of amides is 1. The van der Waals surface area contributed by atoms with Crippen molar-refractivity contribution in [1.82, 2.24) is 10.3 Å². The number of rotatable bonds is 3. The highest BCUT2D eigenvalue weighted by atomic mass is 16.4. The Morgan fingerprint density at radius 2 is 2.31 bits per heavy atom. The van der Waals surface area contributed by atoms with E-state index >= 15 is 0 Å². The molecular formula is C8H13N3O2. The van der Waals surface area contributed by atoms with Gasteiger partial charge in [0.15, 0.2) is 5.76 Å². The molecule has 0 aliphatic heterocycles. The maximum atomic E-state index is 11.0. The number of hydrazine groups is 1. The minimum atomic E-state index is -0.412. The molecule has 72 valence electrons. The van der Waals surface area contributed by atoms with Crippen LogP contribution in [0.2, 0.25) is 0 Å². The lowest BCUT2D eigenvalue weighted by molar-refractivity contribution is 0.0923. The molecule has 0 aliphatic rings. The molecule has 5 nitrogen and oxygen atoms in total. The second-order valence-electron chi connectivity index (χ2n) is 2.98. The summed E-state index contributed by atoms with van der Waals surface area (Å²) in [6.45, 7) is 0.665. The fourth-order valence-electron chi connectivity index (χ4n) is 0.968. The fourth-order valence-corrected chi connectivity index (χ4v) is 0.968. The Morgan fingerprint density at radius 1 is 1.62 bits per heavy atom. The first-order valence-corrected chi connectivity index (χ1v) is 3.88. The molecule has 0 bridgehead atoms. The van der Waals surface area contributed by atoms with Crippen LogP contribution in [0.4, 0.5) is 0 Å². The number of hydrogen-bond acceptors (Lipinski definition) is 4. The van der Waals surface area contributed by atoms with Crippen LogP contribution in [-0.2, 0) is 6.54 Å². The van der Waals surface area contributed by atoms with Crippen molar-refractivity contribution in [3.63, 3.8) is 0 Å². The maximum Gasteiger partial charge on any atom is 0.300 e. The summed E-state index contributed by atoms with van der Waals surface area (Å²) in [6.07, 6.45) is 0. The van der Waals surface area contributed by atoms with E-state index < -0.39 is 5.91 Å². The fraction of sp³-hybridized carbons (Fsp3) is 0.375. The summed E-state index contributed by atoms with van der Waals surface area (Å²) in [6, 6.07) is 3.35. The molecule has 0 fully saturated rings. The van der Waals surface area contributed by atoms with Gasteiger partial charge in [0, 0.05) is 0 Å². The number of carbonyl (C=O) groups excluding carboxylic acids is 1. The smallest absolute Gasteiger partial charge is 0.300 e. The molecule has 0 aliphatic carbocycles. The van der Waals surface area contributed by atoms with Crippen LogP contribution in [0.15, 0.2) is 16.5 Å². The van der Waals surface area contributed by atoms with E-state index in [0.717, 1.165) is 5.76 Å². The number of nitrogens with zero attached hydrogens (tertiary/aromatic N) is 1. The third kappa shape index (κ3) is 2.57. The Hall–Kier alpha value is -1.33. The molecule has 1 aromatic rings. The van der Waals surface area contributed by atoms with Gasteiger partial charge in [-0.2, -0.15) is 0 Å². The van der Waals surface area contributed by atoms with Crippen molar-refractivity contribution in [1.29, 1.82) is 0 Å². The first kappa shape index (κ1) is 9.76. The molecule has 1 amide bonds. The second kappa shape index (κ2) is 4.06. The second-order valence-corrected chi connectivity index (χ2v) is 2.98. The minimum Gasteiger partial charge on any atom is -0.455 e. The summed E-state index contributed by atoms with van der Waals surface area (Å²) >= 11 is 0. The molecule has 0 saturated heterocycles. The lowest BCUT2D eigenvalue weighted by atomic mass is 10.4. The highest BCUT2D eigenvalue weighted by molar-refractivity contribution is 5.90. The Labute approximate surface area is 76.5 Å². The highest BCUT2D eigenvalue weighted by Crippen LogP contribution is 2.08. The van der Waals surface area contributed by atoms with Crippen molar-refractivity contribution >= 4 is 5.91 Å². The van der Waals surface area contributed by atoms with Gasteiger partial charge in [0.25, 0.3) is 0 Å². The van der Waals surface area contributed by atoms with E-state index in [0.29, 0.717) is 6.54 Å². The monoisotopic (exact) mass is 183 g/mol. The van der Waals surface area contributed by atoms with Gasteiger partial charge < -0.3 is 9.32 Å². The molecule has 3 N–H and O–H groups in total. The number of furan rings is 1. The zero-order valence-electron chi connectivity index (χ0n) is 7.70. The largest absolute Gasteiger partial charge is 0.455 e. The Bertz CT molecular complexity index is 293. The van der Waals surface area contributed by atoms with Crippen LogP contribution in [-0.4, -0.2) is 24.9 Å². The van der Waals surface area contributed by atoms with Crippen LogP contribution in [0.1, 0.15) is 16.3 Å². The first-order chi connectivity index (χ1) is 6.13. The summed E-state index contributed by atoms with van der Waals surface area (Å²) < 4.78 is 5.21. The van der Waals surface area contributed by atoms with E-state index in [4.69, 9.17) is 10.3 Å². The molecule has 1 heterocycles. The third-order valence-electron chi connectivity index (χ3n) is 1.49. The third-order valence-corrected chi connectivity index (χ3v) is 1.49. The van der Waals surface area contributed by atoms with Crippen LogP contribution >= 0.6 is 0 Å². The van der Waals surface area contributed by atoms with Crippen molar-refractivity contribution in [2.24, 2.45) is 5.84 Å². The lowest BCUT2D eigenvalue weighted by Gasteiger charge is -2.05. The van der Waals surface area contributed by atoms with E-state index in [9.17, 15) is 4.79 Å². The minimum absolute atomic E-state index is 0.236. The number of nitrogen functional groups attached to an aromatic ring is 1. The van der Waals surface area contributed by atoms with E-state index in [-0.39, 0.29) is 5.76 Å². The van der Waals surface area contributed by atoms with E-state index in [1.807, 2.05) is 24.4 Å². The normalized spacial score (nSPS) is 10.5. The average Bonchev–Trinajstić information content (AvgIpc) is 2.50. The van der Waals surface area contributed by atoms with Crippen molar-refractivity contribution < 1.29 is 9.21 Å². The van der Waals surface area contributed by atoms with E-state index in [1.165, 1.54) is 0 Å². The predicted octanol–water partition coefficient (Wildman–Crippen LogP) is -0.0553. The number of nitrogens with two attached hydrogens (primary N) is 1.